The molecule has 0 amide bonds. The molecule has 0 fully saturated rings. The summed E-state index contributed by atoms with van der Waals surface area (Å²) in [5.74, 6) is 0.339. The number of hydrogen-bond donors (Lipinski definition) is 0. The summed E-state index contributed by atoms with van der Waals surface area (Å²) >= 11 is 0. The third-order valence-corrected chi connectivity index (χ3v) is 3.69. The van der Waals surface area contributed by atoms with Gasteiger partial charge in [-0.2, -0.15) is 0 Å². The summed E-state index contributed by atoms with van der Waals surface area (Å²) in [6, 6.07) is 2.01. The molecule has 1 aliphatic carbocycles. The molecule has 2 rings (SSSR count). The Morgan fingerprint density at radius 3 is 2.83 bits per heavy atom. The lowest BCUT2D eigenvalue weighted by atomic mass is 10.0. The van der Waals surface area contributed by atoms with Gasteiger partial charge in [0.15, 0.2) is 0 Å². The van der Waals surface area contributed by atoms with Gasteiger partial charge in [0, 0.05) is 11.6 Å². The van der Waals surface area contributed by atoms with Gasteiger partial charge >= 0.3 is 5.97 Å². The maximum absolute atomic E-state index is 11.9. The number of ether oxygens (including phenoxy) is 1. The van der Waals surface area contributed by atoms with E-state index in [1.807, 2.05) is 19.9 Å². The average Bonchev–Trinajstić information content (AvgIpc) is 2.79. The lowest BCUT2D eigenvalue weighted by Gasteiger charge is -2.12. The van der Waals surface area contributed by atoms with Crippen molar-refractivity contribution in [3.63, 3.8) is 0 Å². The molecule has 1 aliphatic rings. The van der Waals surface area contributed by atoms with Crippen LogP contribution in [0.2, 0.25) is 0 Å². The van der Waals surface area contributed by atoms with Crippen molar-refractivity contribution in [3.8, 4) is 0 Å². The number of esters is 1. The number of carbonyl (C=O) groups is 1. The summed E-state index contributed by atoms with van der Waals surface area (Å²) < 4.78 is 5.10. The summed E-state index contributed by atoms with van der Waals surface area (Å²) in [4.78, 5) is 16.6. The van der Waals surface area contributed by atoms with E-state index in [0.717, 1.165) is 31.4 Å². The third-order valence-electron chi connectivity index (χ3n) is 3.69. The maximum atomic E-state index is 11.9. The number of pyridine rings is 1. The van der Waals surface area contributed by atoms with Crippen molar-refractivity contribution in [2.45, 2.75) is 52.4 Å². The van der Waals surface area contributed by atoms with E-state index in [1.54, 1.807) is 0 Å². The van der Waals surface area contributed by atoms with Crippen LogP contribution in [0.1, 0.15) is 66.8 Å². The molecule has 1 heterocycles. The minimum absolute atomic E-state index is 0.232. The van der Waals surface area contributed by atoms with Crippen molar-refractivity contribution in [1.82, 2.24) is 4.98 Å². The van der Waals surface area contributed by atoms with Gasteiger partial charge in [-0.15, -0.1) is 0 Å². The monoisotopic (exact) mass is 247 g/mol. The summed E-state index contributed by atoms with van der Waals surface area (Å²) in [6.07, 6.45) is 4.10. The predicted octanol–water partition coefficient (Wildman–Crippen LogP) is 3.26. The van der Waals surface area contributed by atoms with Crippen LogP contribution < -0.4 is 0 Å². The van der Waals surface area contributed by atoms with Crippen LogP contribution in [0, 0.1) is 0 Å². The number of hydrogen-bond acceptors (Lipinski definition) is 3. The van der Waals surface area contributed by atoms with Crippen LogP contribution in [-0.4, -0.2) is 17.6 Å². The highest BCUT2D eigenvalue weighted by Gasteiger charge is 2.26. The van der Waals surface area contributed by atoms with Gasteiger partial charge in [0.1, 0.15) is 0 Å². The molecule has 0 spiro atoms. The number of rotatable bonds is 4. The second-order valence-electron chi connectivity index (χ2n) is 4.74. The largest absolute Gasteiger partial charge is 0.462 e. The highest BCUT2D eigenvalue weighted by atomic mass is 16.5. The Hall–Kier alpha value is -1.38. The van der Waals surface area contributed by atoms with Crippen LogP contribution in [0.25, 0.3) is 0 Å². The lowest BCUT2D eigenvalue weighted by Crippen LogP contribution is -2.11. The van der Waals surface area contributed by atoms with Crippen molar-refractivity contribution < 1.29 is 9.53 Å². The topological polar surface area (TPSA) is 39.2 Å². The fourth-order valence-electron chi connectivity index (χ4n) is 2.68. The first kappa shape index (κ1) is 13.1. The zero-order valence-corrected chi connectivity index (χ0v) is 11.5. The van der Waals surface area contributed by atoms with E-state index in [1.165, 1.54) is 11.3 Å². The third kappa shape index (κ3) is 2.26. The summed E-state index contributed by atoms with van der Waals surface area (Å²) in [5.41, 5.74) is 3.99. The Morgan fingerprint density at radius 2 is 2.22 bits per heavy atom. The normalized spacial score (nSPS) is 17.6. The second-order valence-corrected chi connectivity index (χ2v) is 4.74. The molecule has 0 saturated heterocycles. The van der Waals surface area contributed by atoms with Crippen molar-refractivity contribution in [3.05, 3.63) is 28.6 Å². The van der Waals surface area contributed by atoms with E-state index in [2.05, 4.69) is 6.92 Å². The van der Waals surface area contributed by atoms with Gasteiger partial charge in [-0.05, 0) is 44.2 Å². The van der Waals surface area contributed by atoms with E-state index >= 15 is 0 Å². The minimum Gasteiger partial charge on any atom is -0.462 e. The quantitative estimate of drug-likeness (QED) is 0.767. The summed E-state index contributed by atoms with van der Waals surface area (Å²) in [6.45, 7) is 6.48. The predicted molar refractivity (Wildman–Crippen MR) is 70.9 cm³/mol. The zero-order chi connectivity index (χ0) is 13.1. The van der Waals surface area contributed by atoms with Gasteiger partial charge in [0.05, 0.1) is 17.9 Å². The van der Waals surface area contributed by atoms with Gasteiger partial charge in [-0.25, -0.2) is 4.79 Å². The van der Waals surface area contributed by atoms with Crippen LogP contribution >= 0.6 is 0 Å². The Labute approximate surface area is 109 Å². The average molecular weight is 247 g/mol. The van der Waals surface area contributed by atoms with Crippen LogP contribution in [0.15, 0.2) is 6.07 Å². The molecular formula is C15H21NO2. The molecule has 18 heavy (non-hydrogen) atoms. The molecule has 1 aromatic rings. The number of aromatic nitrogens is 1. The lowest BCUT2D eigenvalue weighted by molar-refractivity contribution is 0.0524. The second kappa shape index (κ2) is 5.51. The fraction of sp³-hybridized carbons (Fsp3) is 0.600. The standard InChI is InChI=1S/C15H21NO2/c1-4-10-7-8-11-9-12(15(17)18-6-3)13(5-2)16-14(10)11/h9-10H,4-8H2,1-3H3. The Balaban J connectivity index is 2.41. The molecule has 98 valence electrons. The van der Waals surface area contributed by atoms with Gasteiger partial charge in [0.2, 0.25) is 0 Å². The Morgan fingerprint density at radius 1 is 1.44 bits per heavy atom. The van der Waals surface area contributed by atoms with E-state index in [-0.39, 0.29) is 5.97 Å². The minimum atomic E-state index is -0.232. The molecule has 3 heteroatoms. The highest BCUT2D eigenvalue weighted by Crippen LogP contribution is 2.35. The molecular weight excluding hydrogens is 226 g/mol. The first-order valence-corrected chi connectivity index (χ1v) is 6.91. The Kier molecular flexibility index (Phi) is 4.00. The highest BCUT2D eigenvalue weighted by molar-refractivity contribution is 5.91. The van der Waals surface area contributed by atoms with Gasteiger partial charge < -0.3 is 4.74 Å². The van der Waals surface area contributed by atoms with E-state index < -0.39 is 0 Å². The van der Waals surface area contributed by atoms with Crippen molar-refractivity contribution in [1.29, 1.82) is 0 Å². The first-order chi connectivity index (χ1) is 8.71. The van der Waals surface area contributed by atoms with Crippen LogP contribution in [0.4, 0.5) is 0 Å². The number of carbonyl (C=O) groups excluding carboxylic acids is 1. The smallest absolute Gasteiger partial charge is 0.339 e. The number of fused-ring (bicyclic) bond motifs is 1. The maximum Gasteiger partial charge on any atom is 0.339 e. The number of nitrogens with zero attached hydrogens (tertiary/aromatic N) is 1. The molecule has 0 radical (unpaired) electrons. The first-order valence-electron chi connectivity index (χ1n) is 6.91. The van der Waals surface area contributed by atoms with Crippen molar-refractivity contribution in [2.24, 2.45) is 0 Å². The van der Waals surface area contributed by atoms with Gasteiger partial charge in [-0.3, -0.25) is 4.98 Å². The van der Waals surface area contributed by atoms with Gasteiger partial charge in [-0.1, -0.05) is 13.8 Å². The van der Waals surface area contributed by atoms with Crippen molar-refractivity contribution >= 4 is 5.97 Å². The Bertz CT molecular complexity index is 454. The fourth-order valence-corrected chi connectivity index (χ4v) is 2.68. The van der Waals surface area contributed by atoms with Crippen molar-refractivity contribution in [2.75, 3.05) is 6.61 Å². The van der Waals surface area contributed by atoms with Crippen LogP contribution in [-0.2, 0) is 17.6 Å². The van der Waals surface area contributed by atoms with Crippen LogP contribution in [0.5, 0.6) is 0 Å². The molecule has 1 unspecified atom stereocenters. The van der Waals surface area contributed by atoms with Gasteiger partial charge in [0.25, 0.3) is 0 Å². The molecule has 0 bridgehead atoms. The summed E-state index contributed by atoms with van der Waals surface area (Å²) in [7, 11) is 0. The van der Waals surface area contributed by atoms with E-state index in [0.29, 0.717) is 18.1 Å². The molecule has 0 saturated carbocycles. The van der Waals surface area contributed by atoms with E-state index in [4.69, 9.17) is 9.72 Å². The molecule has 0 N–H and O–H groups in total. The molecule has 3 nitrogen and oxygen atoms in total. The summed E-state index contributed by atoms with van der Waals surface area (Å²) in [5, 5.41) is 0. The zero-order valence-electron chi connectivity index (χ0n) is 11.5. The molecule has 0 aliphatic heterocycles. The van der Waals surface area contributed by atoms with Crippen LogP contribution in [0.3, 0.4) is 0 Å². The molecule has 1 atom stereocenters. The SMILES string of the molecule is CCOC(=O)c1cc2c(nc1CC)C(CC)CC2. The molecule has 0 aromatic carbocycles. The number of aryl methyl sites for hydroxylation is 2. The van der Waals surface area contributed by atoms with E-state index in [9.17, 15) is 4.79 Å². The molecule has 1 aromatic heterocycles.